The van der Waals surface area contributed by atoms with E-state index in [0.29, 0.717) is 6.67 Å². The molecule has 0 spiro atoms. The van der Waals surface area contributed by atoms with Crippen molar-refractivity contribution in [1.29, 1.82) is 0 Å². The summed E-state index contributed by atoms with van der Waals surface area (Å²) in [7, 11) is 0. The number of nitrogens with zero attached hydrogens (tertiary/aromatic N) is 6. The second kappa shape index (κ2) is 13.5. The minimum absolute atomic E-state index is 0.555. The van der Waals surface area contributed by atoms with Crippen LogP contribution in [0, 0.1) is 0 Å². The predicted octanol–water partition coefficient (Wildman–Crippen LogP) is 10.0. The van der Waals surface area contributed by atoms with Crippen LogP contribution < -0.4 is 0 Å². The van der Waals surface area contributed by atoms with Crippen LogP contribution in [0.25, 0.3) is 44.1 Å². The van der Waals surface area contributed by atoms with E-state index in [0.717, 1.165) is 17.2 Å². The van der Waals surface area contributed by atoms with Crippen LogP contribution in [0.2, 0.25) is 0 Å². The molecule has 0 N–H and O–H groups in total. The molecule has 3 aromatic heterocycles. The van der Waals surface area contributed by atoms with Gasteiger partial charge in [-0.3, -0.25) is 14.6 Å². The van der Waals surface area contributed by atoms with Crippen LogP contribution in [-0.2, 0) is 6.67 Å². The summed E-state index contributed by atoms with van der Waals surface area (Å²) in [4.78, 5) is 12.6. The molecule has 3 heterocycles. The fourth-order valence-electron chi connectivity index (χ4n) is 5.63. The van der Waals surface area contributed by atoms with E-state index in [1.54, 1.807) is 6.21 Å². The molecule has 0 fully saturated rings. The summed E-state index contributed by atoms with van der Waals surface area (Å²) < 4.78 is 6.48. The molecule has 7 aromatic rings. The van der Waals surface area contributed by atoms with Gasteiger partial charge in [0.05, 0.1) is 16.6 Å². The molecular weight excluding hydrogens is 552 g/mol. The van der Waals surface area contributed by atoms with E-state index in [-0.39, 0.29) is 0 Å². The number of fused-ring (bicyclic) bond motifs is 5. The van der Waals surface area contributed by atoms with E-state index >= 15 is 0 Å². The van der Waals surface area contributed by atoms with Crippen molar-refractivity contribution in [3.63, 3.8) is 0 Å². The first-order chi connectivity index (χ1) is 22.2. The third-order valence-electron chi connectivity index (χ3n) is 7.62. The number of rotatable bonds is 8. The Bertz CT molecular complexity index is 2170. The van der Waals surface area contributed by atoms with Crippen LogP contribution in [0.4, 0.5) is 11.5 Å². The number of benzene rings is 4. The lowest BCUT2D eigenvalue weighted by atomic mass is 10.1. The molecule has 0 bridgehead atoms. The highest BCUT2D eigenvalue weighted by atomic mass is 15.1. The van der Waals surface area contributed by atoms with E-state index < -0.39 is 0 Å². The normalized spacial score (nSPS) is 11.7. The summed E-state index contributed by atoms with van der Waals surface area (Å²) in [6, 6.07) is 37.5. The molecule has 0 aliphatic rings. The van der Waals surface area contributed by atoms with Crippen LogP contribution in [0.5, 0.6) is 0 Å². The minimum Gasteiger partial charge on any atom is -0.320 e. The predicted molar refractivity (Wildman–Crippen MR) is 193 cm³/mol. The first kappa shape index (κ1) is 29.1. The first-order valence-electron chi connectivity index (χ1n) is 14.8. The minimum atomic E-state index is 0.555. The van der Waals surface area contributed by atoms with Gasteiger partial charge in [0.1, 0.15) is 12.4 Å². The third-order valence-corrected chi connectivity index (χ3v) is 7.62. The SMILES string of the molecule is C=NCn1c2ccccc2c2ccc3c(ccn3-c3ccccc3)c21.C=Nc1ccn(-c2ccccc2)c1\N=C/C=C\C=C\C. The van der Waals surface area contributed by atoms with Crippen molar-refractivity contribution < 1.29 is 0 Å². The number of hydrogen-bond acceptors (Lipinski definition) is 3. The van der Waals surface area contributed by atoms with Crippen molar-refractivity contribution in [2.24, 2.45) is 15.0 Å². The fourth-order valence-corrected chi connectivity index (χ4v) is 5.63. The summed E-state index contributed by atoms with van der Waals surface area (Å²) >= 11 is 0. The molecule has 0 aliphatic carbocycles. The van der Waals surface area contributed by atoms with Crippen LogP contribution in [-0.4, -0.2) is 33.4 Å². The van der Waals surface area contributed by atoms with Crippen LogP contribution in [0.3, 0.4) is 0 Å². The van der Waals surface area contributed by atoms with Gasteiger partial charge in [0.25, 0.3) is 0 Å². The second-order valence-electron chi connectivity index (χ2n) is 10.3. The van der Waals surface area contributed by atoms with Crippen LogP contribution >= 0.6 is 0 Å². The zero-order valence-corrected chi connectivity index (χ0v) is 25.2. The molecule has 220 valence electrons. The number of allylic oxidation sites excluding steroid dienone is 4. The Balaban J connectivity index is 0.000000164. The topological polar surface area (TPSA) is 51.9 Å². The Hall–Kier alpha value is -6.01. The highest BCUT2D eigenvalue weighted by Gasteiger charge is 2.15. The fraction of sp³-hybridized carbons (Fsp3) is 0.0513. The van der Waals surface area contributed by atoms with Crippen molar-refractivity contribution in [3.8, 4) is 11.4 Å². The van der Waals surface area contributed by atoms with Gasteiger partial charge < -0.3 is 9.13 Å². The number of para-hydroxylation sites is 3. The van der Waals surface area contributed by atoms with Gasteiger partial charge in [0.2, 0.25) is 0 Å². The van der Waals surface area contributed by atoms with Gasteiger partial charge in [-0.1, -0.05) is 78.9 Å². The molecule has 0 atom stereocenters. The lowest BCUT2D eigenvalue weighted by Gasteiger charge is -2.07. The molecule has 0 amide bonds. The Morgan fingerprint density at radius 1 is 0.622 bits per heavy atom. The lowest BCUT2D eigenvalue weighted by Crippen LogP contribution is -1.95. The van der Waals surface area contributed by atoms with Gasteiger partial charge in [-0.05, 0) is 75.0 Å². The van der Waals surface area contributed by atoms with Gasteiger partial charge in [-0.15, -0.1) is 0 Å². The number of aromatic nitrogens is 3. The van der Waals surface area contributed by atoms with Gasteiger partial charge in [-0.25, -0.2) is 4.99 Å². The van der Waals surface area contributed by atoms with Crippen molar-refractivity contribution in [2.45, 2.75) is 13.6 Å². The molecule has 0 saturated carbocycles. The van der Waals surface area contributed by atoms with Gasteiger partial charge in [0.15, 0.2) is 5.82 Å². The molecule has 45 heavy (non-hydrogen) atoms. The summed E-state index contributed by atoms with van der Waals surface area (Å²) in [6.45, 7) is 9.83. The molecule has 6 nitrogen and oxygen atoms in total. The van der Waals surface area contributed by atoms with Crippen molar-refractivity contribution >= 4 is 63.9 Å². The van der Waals surface area contributed by atoms with Crippen LogP contribution in [0.15, 0.2) is 161 Å². The monoisotopic (exact) mass is 586 g/mol. The second-order valence-corrected chi connectivity index (χ2v) is 10.3. The zero-order valence-electron chi connectivity index (χ0n) is 25.2. The quantitative estimate of drug-likeness (QED) is 0.126. The summed E-state index contributed by atoms with van der Waals surface area (Å²) in [5, 5.41) is 3.76. The smallest absolute Gasteiger partial charge is 0.163 e. The maximum atomic E-state index is 4.47. The number of hydrogen-bond donors (Lipinski definition) is 0. The Kier molecular flexibility index (Phi) is 8.74. The molecule has 4 aromatic carbocycles. The van der Waals surface area contributed by atoms with E-state index in [4.69, 9.17) is 0 Å². The molecule has 6 heteroatoms. The molecule has 7 rings (SSSR count). The first-order valence-corrected chi connectivity index (χ1v) is 14.8. The van der Waals surface area contributed by atoms with E-state index in [2.05, 4.69) is 110 Å². The maximum absolute atomic E-state index is 4.47. The van der Waals surface area contributed by atoms with Crippen LogP contribution in [0.1, 0.15) is 6.92 Å². The van der Waals surface area contributed by atoms with E-state index in [1.165, 1.54) is 38.4 Å². The van der Waals surface area contributed by atoms with Crippen molar-refractivity contribution in [1.82, 2.24) is 13.7 Å². The summed E-state index contributed by atoms with van der Waals surface area (Å²) in [5.41, 5.74) is 6.61. The van der Waals surface area contributed by atoms with Gasteiger partial charge >= 0.3 is 0 Å². The van der Waals surface area contributed by atoms with E-state index in [9.17, 15) is 0 Å². The van der Waals surface area contributed by atoms with Crippen molar-refractivity contribution in [2.75, 3.05) is 0 Å². The van der Waals surface area contributed by atoms with Gasteiger partial charge in [-0.2, -0.15) is 0 Å². The summed E-state index contributed by atoms with van der Waals surface area (Å²) in [5.74, 6) is 0.774. The molecule has 0 saturated heterocycles. The Morgan fingerprint density at radius 2 is 1.31 bits per heavy atom. The van der Waals surface area contributed by atoms with Gasteiger partial charge in [0, 0.05) is 46.1 Å². The van der Waals surface area contributed by atoms with Crippen molar-refractivity contribution in [3.05, 3.63) is 146 Å². The molecule has 0 radical (unpaired) electrons. The average Bonchev–Trinajstić information content (AvgIpc) is 3.80. The largest absolute Gasteiger partial charge is 0.320 e. The number of aliphatic imine (C=N–C) groups is 3. The lowest BCUT2D eigenvalue weighted by molar-refractivity contribution is 0.801. The molecule has 0 unspecified atom stereocenters. The molecular formula is C39H34N6. The Labute approximate surface area is 263 Å². The Morgan fingerprint density at radius 3 is 2.02 bits per heavy atom. The molecule has 0 aliphatic heterocycles. The standard InChI is InChI=1S/C22H17N3.C17H17N3/c1-23-15-25-20-10-6-5-9-17(20)18-11-12-21-19(22(18)25)13-14-24(21)16-7-3-2-4-8-16;1-3-4-5-9-13-19-17-16(18-2)12-14-20(17)15-10-7-6-8-11-15/h2-14H,1,15H2;3-14H,2H2,1H3/b;4-3+,9-5-,19-13-. The highest BCUT2D eigenvalue weighted by molar-refractivity contribution is 6.17. The average molecular weight is 587 g/mol. The highest BCUT2D eigenvalue weighted by Crippen LogP contribution is 2.35. The zero-order chi connectivity index (χ0) is 31.0. The van der Waals surface area contributed by atoms with E-state index in [1.807, 2.05) is 84.5 Å². The maximum Gasteiger partial charge on any atom is 0.163 e. The summed E-state index contributed by atoms with van der Waals surface area (Å²) in [6.07, 6.45) is 13.6. The third kappa shape index (κ3) is 5.82.